The highest BCUT2D eigenvalue weighted by atomic mass is 28.4. The fraction of sp³-hybridized carbons (Fsp3) is 0.667. The first kappa shape index (κ1) is 23.7. The molecule has 0 aromatic carbocycles. The van der Waals surface area contributed by atoms with Gasteiger partial charge < -0.3 is 19.2 Å². The molecule has 158 valence electrons. The zero-order valence-corrected chi connectivity index (χ0v) is 18.7. The van der Waals surface area contributed by atoms with Crippen molar-refractivity contribution in [1.82, 2.24) is 14.9 Å². The Bertz CT molecular complexity index is 696. The Morgan fingerprint density at radius 2 is 1.79 bits per heavy atom. The summed E-state index contributed by atoms with van der Waals surface area (Å²) in [5.74, 6) is -0.551. The molecule has 0 saturated carbocycles. The van der Waals surface area contributed by atoms with Gasteiger partial charge in [0, 0.05) is 12.6 Å². The second kappa shape index (κ2) is 9.72. The minimum absolute atomic E-state index is 0.0542. The van der Waals surface area contributed by atoms with Gasteiger partial charge in [-0.1, -0.05) is 20.8 Å². The van der Waals surface area contributed by atoms with Crippen molar-refractivity contribution in [2.75, 3.05) is 13.2 Å². The van der Waals surface area contributed by atoms with Gasteiger partial charge in [0.05, 0.1) is 18.9 Å². The van der Waals surface area contributed by atoms with Gasteiger partial charge in [0.25, 0.3) is 8.32 Å². The van der Waals surface area contributed by atoms with Crippen molar-refractivity contribution in [3.8, 4) is 0 Å². The minimum atomic E-state index is -2.38. The van der Waals surface area contributed by atoms with Crippen LogP contribution in [0.2, 0.25) is 18.1 Å². The van der Waals surface area contributed by atoms with Gasteiger partial charge in [-0.05, 0) is 32.0 Å². The summed E-state index contributed by atoms with van der Waals surface area (Å²) in [6.45, 7) is 13.7. The Morgan fingerprint density at radius 3 is 2.32 bits per heavy atom. The van der Waals surface area contributed by atoms with Crippen molar-refractivity contribution in [3.63, 3.8) is 0 Å². The van der Waals surface area contributed by atoms with Crippen LogP contribution in [0.3, 0.4) is 0 Å². The summed E-state index contributed by atoms with van der Waals surface area (Å²) in [5.41, 5.74) is 0.432. The molecule has 0 bridgehead atoms. The molecule has 1 unspecified atom stereocenters. The zero-order valence-electron chi connectivity index (χ0n) is 17.7. The quantitative estimate of drug-likeness (QED) is 0.684. The molecule has 10 heteroatoms. The average molecular weight is 414 g/mol. The topological polar surface area (TPSA) is 109 Å². The van der Waals surface area contributed by atoms with Crippen molar-refractivity contribution in [3.05, 3.63) is 18.2 Å². The summed E-state index contributed by atoms with van der Waals surface area (Å²) < 4.78 is 16.8. The summed E-state index contributed by atoms with van der Waals surface area (Å²) in [7, 11) is -2.38. The predicted molar refractivity (Wildman–Crippen MR) is 106 cm³/mol. The Balaban J connectivity index is 2.98. The molecule has 0 aliphatic heterocycles. The molecule has 1 rings (SSSR count). The Hall–Kier alpha value is -2.36. The number of ether oxygens (including phenoxy) is 2. The van der Waals surface area contributed by atoms with Crippen LogP contribution in [0.4, 0.5) is 9.59 Å². The predicted octanol–water partition coefficient (Wildman–Crippen LogP) is 3.09. The van der Waals surface area contributed by atoms with E-state index in [-0.39, 0.29) is 24.7 Å². The summed E-state index contributed by atoms with van der Waals surface area (Å²) in [5, 5.41) is 2.35. The number of hydrogen-bond acceptors (Lipinski definition) is 7. The van der Waals surface area contributed by atoms with Crippen molar-refractivity contribution >= 4 is 26.5 Å². The standard InChI is InChI=1S/C18H31N3O6Si/c1-8-25-16(23)20-14(15(22)27-28(6,7)18(3,4)5)10-13-11-21(12-19-13)17(24)26-9-2/h11-12,14H,8-10H2,1-7H3,(H,20,23). The van der Waals surface area contributed by atoms with E-state index in [1.807, 2.05) is 33.9 Å². The normalized spacial score (nSPS) is 12.8. The zero-order chi connectivity index (χ0) is 21.5. The second-order valence-corrected chi connectivity index (χ2v) is 12.5. The molecule has 1 amide bonds. The van der Waals surface area contributed by atoms with E-state index in [9.17, 15) is 14.4 Å². The number of nitrogens with zero attached hydrogens (tertiary/aromatic N) is 2. The molecule has 0 aliphatic carbocycles. The van der Waals surface area contributed by atoms with Crippen molar-refractivity contribution in [1.29, 1.82) is 0 Å². The molecule has 0 aliphatic rings. The smallest absolute Gasteiger partial charge is 0.419 e. The molecule has 1 aromatic heterocycles. The minimum Gasteiger partial charge on any atom is -0.518 e. The number of imidazole rings is 1. The van der Waals surface area contributed by atoms with E-state index in [1.165, 1.54) is 17.1 Å². The molecule has 1 aromatic rings. The van der Waals surface area contributed by atoms with Gasteiger partial charge in [-0.2, -0.15) is 0 Å². The summed E-state index contributed by atoms with van der Waals surface area (Å²) >= 11 is 0. The van der Waals surface area contributed by atoms with Crippen molar-refractivity contribution in [2.24, 2.45) is 0 Å². The molecule has 1 N–H and O–H groups in total. The highest BCUT2D eigenvalue weighted by molar-refractivity contribution is 6.75. The first-order valence-electron chi connectivity index (χ1n) is 9.27. The molecular weight excluding hydrogens is 382 g/mol. The lowest BCUT2D eigenvalue weighted by Crippen LogP contribution is -2.50. The molecule has 0 saturated heterocycles. The van der Waals surface area contributed by atoms with Crippen LogP contribution in [0, 0.1) is 0 Å². The van der Waals surface area contributed by atoms with E-state index in [1.54, 1.807) is 13.8 Å². The molecule has 1 heterocycles. The second-order valence-electron chi connectivity index (χ2n) is 7.77. The monoisotopic (exact) mass is 413 g/mol. The van der Waals surface area contributed by atoms with Crippen LogP contribution in [-0.4, -0.2) is 55.3 Å². The lowest BCUT2D eigenvalue weighted by Gasteiger charge is -2.36. The van der Waals surface area contributed by atoms with Crippen LogP contribution in [0.15, 0.2) is 12.5 Å². The number of alkyl carbamates (subject to hydrolysis) is 1. The maximum atomic E-state index is 12.8. The number of amides is 1. The lowest BCUT2D eigenvalue weighted by atomic mass is 10.2. The molecule has 28 heavy (non-hydrogen) atoms. The van der Waals surface area contributed by atoms with Gasteiger partial charge in [-0.25, -0.2) is 19.1 Å². The Labute approximate surface area is 166 Å². The van der Waals surface area contributed by atoms with Crippen LogP contribution in [0.5, 0.6) is 0 Å². The fourth-order valence-electron chi connectivity index (χ4n) is 1.96. The number of hydrogen-bond donors (Lipinski definition) is 1. The highest BCUT2D eigenvalue weighted by Gasteiger charge is 2.42. The summed E-state index contributed by atoms with van der Waals surface area (Å²) in [6, 6.07) is -0.987. The fourth-order valence-corrected chi connectivity index (χ4v) is 2.91. The van der Waals surface area contributed by atoms with Crippen LogP contribution in [0.25, 0.3) is 0 Å². The summed E-state index contributed by atoms with van der Waals surface area (Å²) in [4.78, 5) is 40.6. The molecule has 1 atom stereocenters. The van der Waals surface area contributed by atoms with E-state index < -0.39 is 32.5 Å². The van der Waals surface area contributed by atoms with Gasteiger partial charge in [-0.3, -0.25) is 4.79 Å². The third kappa shape index (κ3) is 6.66. The van der Waals surface area contributed by atoms with Gasteiger partial charge in [0.1, 0.15) is 12.4 Å². The largest absolute Gasteiger partial charge is 0.518 e. The van der Waals surface area contributed by atoms with E-state index in [0.29, 0.717) is 5.69 Å². The third-order valence-electron chi connectivity index (χ3n) is 4.54. The number of aromatic nitrogens is 2. The Morgan fingerprint density at radius 1 is 1.18 bits per heavy atom. The maximum absolute atomic E-state index is 12.8. The van der Waals surface area contributed by atoms with Gasteiger partial charge in [-0.15, -0.1) is 0 Å². The van der Waals surface area contributed by atoms with Crippen LogP contribution < -0.4 is 5.32 Å². The van der Waals surface area contributed by atoms with Gasteiger partial charge in [0.15, 0.2) is 0 Å². The van der Waals surface area contributed by atoms with Crippen LogP contribution >= 0.6 is 0 Å². The average Bonchev–Trinajstić information content (AvgIpc) is 3.02. The first-order valence-corrected chi connectivity index (χ1v) is 12.2. The van der Waals surface area contributed by atoms with Crippen molar-refractivity contribution < 1.29 is 28.3 Å². The lowest BCUT2D eigenvalue weighted by molar-refractivity contribution is -0.137. The molecule has 0 fully saturated rings. The van der Waals surface area contributed by atoms with E-state index in [4.69, 9.17) is 13.9 Å². The molecule has 9 nitrogen and oxygen atoms in total. The number of carbonyl (C=O) groups excluding carboxylic acids is 3. The number of rotatable bonds is 7. The third-order valence-corrected chi connectivity index (χ3v) is 8.87. The van der Waals surface area contributed by atoms with Gasteiger partial charge in [0.2, 0.25) is 0 Å². The summed E-state index contributed by atoms with van der Waals surface area (Å²) in [6.07, 6.45) is 1.52. The van der Waals surface area contributed by atoms with E-state index in [0.717, 1.165) is 0 Å². The number of nitrogens with one attached hydrogen (secondary N) is 1. The van der Waals surface area contributed by atoms with E-state index in [2.05, 4.69) is 10.3 Å². The molecular formula is C18H31N3O6Si. The van der Waals surface area contributed by atoms with Crippen LogP contribution in [0.1, 0.15) is 40.3 Å². The maximum Gasteiger partial charge on any atom is 0.419 e. The molecule has 0 spiro atoms. The van der Waals surface area contributed by atoms with Crippen LogP contribution in [-0.2, 0) is 25.1 Å². The van der Waals surface area contributed by atoms with Gasteiger partial charge >= 0.3 is 18.2 Å². The first-order chi connectivity index (χ1) is 12.9. The number of carbonyl (C=O) groups is 3. The SMILES string of the molecule is CCOC(=O)NC(Cc1cn(C(=O)OCC)cn1)C(=O)O[Si](C)(C)C(C)(C)C. The highest BCUT2D eigenvalue weighted by Crippen LogP contribution is 2.36. The van der Waals surface area contributed by atoms with E-state index >= 15 is 0 Å². The molecule has 0 radical (unpaired) electrons. The Kier molecular flexibility index (Phi) is 8.22. The van der Waals surface area contributed by atoms with Crippen molar-refractivity contribution in [2.45, 2.75) is 65.2 Å².